The molecule has 0 aromatic heterocycles. The highest BCUT2D eigenvalue weighted by Crippen LogP contribution is 2.24. The van der Waals surface area contributed by atoms with Crippen LogP contribution in [0.25, 0.3) is 0 Å². The topological polar surface area (TPSA) is 23.6 Å². The first kappa shape index (κ1) is 12.1. The number of ketones is 1. The summed E-state index contributed by atoms with van der Waals surface area (Å²) in [6.07, 6.45) is 0. The zero-order chi connectivity index (χ0) is 12.4. The van der Waals surface area contributed by atoms with Gasteiger partial charge in [-0.05, 0) is 33.0 Å². The van der Waals surface area contributed by atoms with Gasteiger partial charge in [-0.25, -0.2) is 0 Å². The van der Waals surface area contributed by atoms with Crippen molar-refractivity contribution in [3.63, 3.8) is 0 Å². The molecule has 3 nitrogen and oxygen atoms in total. The van der Waals surface area contributed by atoms with E-state index in [4.69, 9.17) is 0 Å². The van der Waals surface area contributed by atoms with Crippen molar-refractivity contribution in [3.05, 3.63) is 29.8 Å². The van der Waals surface area contributed by atoms with Crippen LogP contribution in [-0.2, 0) is 0 Å². The van der Waals surface area contributed by atoms with Crippen LogP contribution in [0.1, 0.15) is 24.2 Å². The number of nitrogens with zero attached hydrogens (tertiary/aromatic N) is 2. The first-order chi connectivity index (χ1) is 8.09. The van der Waals surface area contributed by atoms with E-state index in [1.54, 1.807) is 6.92 Å². The van der Waals surface area contributed by atoms with E-state index >= 15 is 0 Å². The van der Waals surface area contributed by atoms with Crippen molar-refractivity contribution in [2.45, 2.75) is 19.9 Å². The Morgan fingerprint density at radius 2 is 2.00 bits per heavy atom. The Labute approximate surface area is 103 Å². The second-order valence-corrected chi connectivity index (χ2v) is 4.88. The molecular weight excluding hydrogens is 212 g/mol. The minimum atomic E-state index is 0.145. The van der Waals surface area contributed by atoms with Gasteiger partial charge in [0.05, 0.1) is 0 Å². The van der Waals surface area contributed by atoms with Gasteiger partial charge in [0.25, 0.3) is 0 Å². The number of anilines is 1. The molecule has 0 radical (unpaired) electrons. The van der Waals surface area contributed by atoms with Gasteiger partial charge in [-0.1, -0.05) is 12.1 Å². The lowest BCUT2D eigenvalue weighted by Gasteiger charge is -2.40. The molecule has 1 fully saturated rings. The standard InChI is InChI=1S/C14H20N2O/c1-11-10-15(3)8-9-16(11)14-7-5-4-6-13(14)12(2)17/h4-7,11H,8-10H2,1-3H3. The number of benzene rings is 1. The highest BCUT2D eigenvalue weighted by molar-refractivity contribution is 5.99. The van der Waals surface area contributed by atoms with E-state index in [-0.39, 0.29) is 5.78 Å². The fourth-order valence-corrected chi connectivity index (χ4v) is 2.52. The van der Waals surface area contributed by atoms with Gasteiger partial charge >= 0.3 is 0 Å². The Morgan fingerprint density at radius 1 is 1.29 bits per heavy atom. The van der Waals surface area contributed by atoms with Crippen LogP contribution in [0, 0.1) is 0 Å². The average Bonchev–Trinajstić information content (AvgIpc) is 2.29. The molecule has 0 amide bonds. The number of carbonyl (C=O) groups is 1. The van der Waals surface area contributed by atoms with Gasteiger partial charge in [0.1, 0.15) is 0 Å². The van der Waals surface area contributed by atoms with Crippen molar-refractivity contribution in [1.82, 2.24) is 4.90 Å². The summed E-state index contributed by atoms with van der Waals surface area (Å²) >= 11 is 0. The molecule has 0 N–H and O–H groups in total. The number of piperazine rings is 1. The number of hydrogen-bond acceptors (Lipinski definition) is 3. The number of para-hydroxylation sites is 1. The van der Waals surface area contributed by atoms with E-state index in [2.05, 4.69) is 29.8 Å². The number of hydrogen-bond donors (Lipinski definition) is 0. The van der Waals surface area contributed by atoms with E-state index in [0.717, 1.165) is 30.9 Å². The molecule has 1 aliphatic heterocycles. The van der Waals surface area contributed by atoms with Crippen LogP contribution in [-0.4, -0.2) is 43.4 Å². The highest BCUT2D eigenvalue weighted by Gasteiger charge is 2.23. The number of Topliss-reactive ketones (excluding diaryl/α,β-unsaturated/α-hetero) is 1. The lowest BCUT2D eigenvalue weighted by molar-refractivity contribution is 0.101. The van der Waals surface area contributed by atoms with Gasteiger partial charge in [-0.2, -0.15) is 0 Å². The molecule has 92 valence electrons. The Bertz CT molecular complexity index is 416. The van der Waals surface area contributed by atoms with Crippen LogP contribution in [0.4, 0.5) is 5.69 Å². The fourth-order valence-electron chi connectivity index (χ4n) is 2.52. The summed E-state index contributed by atoms with van der Waals surface area (Å²) in [4.78, 5) is 16.3. The molecule has 1 aromatic rings. The zero-order valence-electron chi connectivity index (χ0n) is 10.8. The molecule has 1 aromatic carbocycles. The maximum Gasteiger partial charge on any atom is 0.161 e. The van der Waals surface area contributed by atoms with Gasteiger partial charge in [0.15, 0.2) is 5.78 Å². The smallest absolute Gasteiger partial charge is 0.161 e. The monoisotopic (exact) mass is 232 g/mol. The third-order valence-corrected chi connectivity index (χ3v) is 3.42. The minimum Gasteiger partial charge on any atom is -0.366 e. The third-order valence-electron chi connectivity index (χ3n) is 3.42. The van der Waals surface area contributed by atoms with Gasteiger partial charge in [-0.3, -0.25) is 4.79 Å². The Balaban J connectivity index is 2.30. The minimum absolute atomic E-state index is 0.145. The van der Waals surface area contributed by atoms with E-state index in [1.165, 1.54) is 0 Å². The first-order valence-electron chi connectivity index (χ1n) is 6.14. The molecule has 1 unspecified atom stereocenters. The van der Waals surface area contributed by atoms with Crippen molar-refractivity contribution in [2.75, 3.05) is 31.6 Å². The van der Waals surface area contributed by atoms with Crippen LogP contribution in [0.15, 0.2) is 24.3 Å². The molecule has 1 saturated heterocycles. The zero-order valence-corrected chi connectivity index (χ0v) is 10.8. The molecular formula is C14H20N2O. The summed E-state index contributed by atoms with van der Waals surface area (Å²) in [6.45, 7) is 6.94. The molecule has 3 heteroatoms. The molecule has 1 heterocycles. The van der Waals surface area contributed by atoms with Crippen LogP contribution in [0.5, 0.6) is 0 Å². The van der Waals surface area contributed by atoms with Gasteiger partial charge < -0.3 is 9.80 Å². The predicted octanol–water partition coefficient (Wildman–Crippen LogP) is 2.03. The molecule has 0 saturated carbocycles. The Kier molecular flexibility index (Phi) is 3.48. The first-order valence-corrected chi connectivity index (χ1v) is 6.14. The van der Waals surface area contributed by atoms with Crippen LogP contribution >= 0.6 is 0 Å². The Hall–Kier alpha value is -1.35. The Morgan fingerprint density at radius 3 is 2.65 bits per heavy atom. The van der Waals surface area contributed by atoms with Crippen LogP contribution < -0.4 is 4.90 Å². The van der Waals surface area contributed by atoms with Gasteiger partial charge in [-0.15, -0.1) is 0 Å². The van der Waals surface area contributed by atoms with Gasteiger partial charge in [0, 0.05) is 36.9 Å². The highest BCUT2D eigenvalue weighted by atomic mass is 16.1. The van der Waals surface area contributed by atoms with Crippen molar-refractivity contribution >= 4 is 11.5 Å². The third kappa shape index (κ3) is 2.50. The largest absolute Gasteiger partial charge is 0.366 e. The van der Waals surface area contributed by atoms with Crippen molar-refractivity contribution < 1.29 is 4.79 Å². The SMILES string of the molecule is CC(=O)c1ccccc1N1CCN(C)CC1C. The molecule has 0 bridgehead atoms. The summed E-state index contributed by atoms with van der Waals surface area (Å²) in [6, 6.07) is 8.36. The second-order valence-electron chi connectivity index (χ2n) is 4.88. The lowest BCUT2D eigenvalue weighted by atomic mass is 10.1. The number of carbonyl (C=O) groups excluding carboxylic acids is 1. The molecule has 0 aliphatic carbocycles. The average molecular weight is 232 g/mol. The lowest BCUT2D eigenvalue weighted by Crippen LogP contribution is -2.50. The van der Waals surface area contributed by atoms with Gasteiger partial charge in [0.2, 0.25) is 0 Å². The van der Waals surface area contributed by atoms with E-state index in [1.807, 2.05) is 18.2 Å². The second kappa shape index (κ2) is 4.88. The quantitative estimate of drug-likeness (QED) is 0.729. The summed E-state index contributed by atoms with van der Waals surface area (Å²) in [5.74, 6) is 0.145. The maximum atomic E-state index is 11.6. The normalized spacial score (nSPS) is 21.6. The van der Waals surface area contributed by atoms with E-state index < -0.39 is 0 Å². The van der Waals surface area contributed by atoms with E-state index in [9.17, 15) is 4.79 Å². The van der Waals surface area contributed by atoms with Crippen LogP contribution in [0.3, 0.4) is 0 Å². The van der Waals surface area contributed by atoms with Crippen LogP contribution in [0.2, 0.25) is 0 Å². The molecule has 0 spiro atoms. The molecule has 17 heavy (non-hydrogen) atoms. The molecule has 1 aliphatic rings. The van der Waals surface area contributed by atoms with E-state index in [0.29, 0.717) is 6.04 Å². The summed E-state index contributed by atoms with van der Waals surface area (Å²) in [5.41, 5.74) is 1.92. The number of likely N-dealkylation sites (N-methyl/N-ethyl adjacent to an activating group) is 1. The summed E-state index contributed by atoms with van der Waals surface area (Å²) in [7, 11) is 2.14. The predicted molar refractivity (Wildman–Crippen MR) is 70.8 cm³/mol. The number of rotatable bonds is 2. The van der Waals surface area contributed by atoms with Crippen molar-refractivity contribution in [1.29, 1.82) is 0 Å². The van der Waals surface area contributed by atoms with Crippen molar-refractivity contribution in [3.8, 4) is 0 Å². The van der Waals surface area contributed by atoms with Crippen molar-refractivity contribution in [2.24, 2.45) is 0 Å². The summed E-state index contributed by atoms with van der Waals surface area (Å²) < 4.78 is 0. The molecule has 1 atom stereocenters. The molecule has 2 rings (SSSR count). The summed E-state index contributed by atoms with van der Waals surface area (Å²) in [5, 5.41) is 0. The fraction of sp³-hybridized carbons (Fsp3) is 0.500. The maximum absolute atomic E-state index is 11.6.